The van der Waals surface area contributed by atoms with Crippen LogP contribution in [0.25, 0.3) is 0 Å². The molecule has 41 heavy (non-hydrogen) atoms. The molecule has 2 N–H and O–H groups in total. The van der Waals surface area contributed by atoms with E-state index in [1.807, 2.05) is 97.1 Å². The normalized spacial score (nSPS) is 22.4. The van der Waals surface area contributed by atoms with Crippen LogP contribution in [0.3, 0.4) is 0 Å². The number of rotatable bonds is 14. The SMILES string of the molecule is NC[C@H]1O[C@H](COCc2ccccc2)[C@H](OCc2ccccc2)[C@H](OCc2ccccc2)[C@H]1OCc1ccccc1. The van der Waals surface area contributed by atoms with Crippen molar-refractivity contribution >= 4 is 0 Å². The van der Waals surface area contributed by atoms with Crippen molar-refractivity contribution in [2.24, 2.45) is 5.73 Å². The van der Waals surface area contributed by atoms with Crippen molar-refractivity contribution in [3.05, 3.63) is 144 Å². The van der Waals surface area contributed by atoms with Gasteiger partial charge in [0, 0.05) is 6.54 Å². The first kappa shape index (κ1) is 29.1. The van der Waals surface area contributed by atoms with E-state index in [-0.39, 0.29) is 12.6 Å². The molecule has 0 unspecified atom stereocenters. The van der Waals surface area contributed by atoms with Gasteiger partial charge in [-0.15, -0.1) is 0 Å². The lowest BCUT2D eigenvalue weighted by Gasteiger charge is -2.46. The molecule has 0 aromatic heterocycles. The molecule has 4 aromatic rings. The minimum absolute atomic E-state index is 0.283. The summed E-state index contributed by atoms with van der Waals surface area (Å²) < 4.78 is 32.5. The molecule has 0 radical (unpaired) electrons. The molecule has 1 saturated heterocycles. The molecule has 5 rings (SSSR count). The molecule has 0 saturated carbocycles. The second-order valence-corrected chi connectivity index (χ2v) is 10.2. The van der Waals surface area contributed by atoms with E-state index in [4.69, 9.17) is 29.4 Å². The van der Waals surface area contributed by atoms with E-state index in [0.717, 1.165) is 22.3 Å². The molecule has 1 aliphatic rings. The molecule has 0 spiro atoms. The van der Waals surface area contributed by atoms with E-state index < -0.39 is 24.4 Å². The zero-order valence-electron chi connectivity index (χ0n) is 23.3. The Morgan fingerprint density at radius 1 is 0.463 bits per heavy atom. The Morgan fingerprint density at radius 3 is 1.24 bits per heavy atom. The van der Waals surface area contributed by atoms with Gasteiger partial charge in [-0.1, -0.05) is 121 Å². The van der Waals surface area contributed by atoms with Gasteiger partial charge in [0.15, 0.2) is 0 Å². The lowest BCUT2D eigenvalue weighted by atomic mass is 9.94. The molecule has 1 aliphatic heterocycles. The second-order valence-electron chi connectivity index (χ2n) is 10.2. The fraction of sp³-hybridized carbons (Fsp3) is 0.314. The average molecular weight is 554 g/mol. The van der Waals surface area contributed by atoms with Crippen molar-refractivity contribution in [2.45, 2.75) is 56.9 Å². The van der Waals surface area contributed by atoms with E-state index in [9.17, 15) is 0 Å². The van der Waals surface area contributed by atoms with Crippen LogP contribution in [0.4, 0.5) is 0 Å². The van der Waals surface area contributed by atoms with Crippen molar-refractivity contribution in [1.82, 2.24) is 0 Å². The molecule has 4 aromatic carbocycles. The Hall–Kier alpha value is -3.36. The fourth-order valence-electron chi connectivity index (χ4n) is 5.07. The number of benzene rings is 4. The lowest BCUT2D eigenvalue weighted by molar-refractivity contribution is -0.270. The van der Waals surface area contributed by atoms with E-state index >= 15 is 0 Å². The van der Waals surface area contributed by atoms with Gasteiger partial charge in [-0.25, -0.2) is 0 Å². The Balaban J connectivity index is 1.38. The minimum atomic E-state index is -0.446. The first-order valence-corrected chi connectivity index (χ1v) is 14.2. The summed E-state index contributed by atoms with van der Waals surface area (Å²) >= 11 is 0. The maximum atomic E-state index is 6.66. The third-order valence-corrected chi connectivity index (χ3v) is 7.21. The van der Waals surface area contributed by atoms with Gasteiger partial charge in [-0.2, -0.15) is 0 Å². The van der Waals surface area contributed by atoms with Crippen LogP contribution in [-0.2, 0) is 50.1 Å². The number of hydrogen-bond donors (Lipinski definition) is 1. The van der Waals surface area contributed by atoms with Crippen molar-refractivity contribution in [3.8, 4) is 0 Å². The van der Waals surface area contributed by atoms with Crippen molar-refractivity contribution in [1.29, 1.82) is 0 Å². The quantitative estimate of drug-likeness (QED) is 0.217. The highest BCUT2D eigenvalue weighted by molar-refractivity contribution is 5.16. The first-order chi connectivity index (χ1) is 20.3. The average Bonchev–Trinajstić information content (AvgIpc) is 3.04. The number of nitrogens with two attached hydrogens (primary N) is 1. The van der Waals surface area contributed by atoms with Crippen LogP contribution < -0.4 is 5.73 Å². The third kappa shape index (κ3) is 8.57. The smallest absolute Gasteiger partial charge is 0.115 e. The van der Waals surface area contributed by atoms with Crippen LogP contribution in [0, 0.1) is 0 Å². The lowest BCUT2D eigenvalue weighted by Crippen LogP contribution is -2.62. The van der Waals surface area contributed by atoms with E-state index in [0.29, 0.717) is 33.0 Å². The summed E-state index contributed by atoms with van der Waals surface area (Å²) in [7, 11) is 0. The van der Waals surface area contributed by atoms with E-state index in [2.05, 4.69) is 24.3 Å². The summed E-state index contributed by atoms with van der Waals surface area (Å²) in [6, 6.07) is 40.5. The summed E-state index contributed by atoms with van der Waals surface area (Å²) in [5.41, 5.74) is 10.6. The van der Waals surface area contributed by atoms with E-state index in [1.54, 1.807) is 0 Å². The van der Waals surface area contributed by atoms with Gasteiger partial charge >= 0.3 is 0 Å². The molecule has 1 heterocycles. The van der Waals surface area contributed by atoms with Gasteiger partial charge in [-0.05, 0) is 22.3 Å². The first-order valence-electron chi connectivity index (χ1n) is 14.2. The van der Waals surface area contributed by atoms with Crippen LogP contribution in [0.15, 0.2) is 121 Å². The molecule has 1 fully saturated rings. The van der Waals surface area contributed by atoms with Crippen LogP contribution in [0.5, 0.6) is 0 Å². The molecular weight excluding hydrogens is 514 g/mol. The van der Waals surface area contributed by atoms with Crippen LogP contribution in [-0.4, -0.2) is 43.7 Å². The van der Waals surface area contributed by atoms with Gasteiger partial charge in [0.05, 0.1) is 39.1 Å². The van der Waals surface area contributed by atoms with Gasteiger partial charge in [0.25, 0.3) is 0 Å². The molecule has 0 amide bonds. The molecule has 5 atom stereocenters. The molecule has 0 bridgehead atoms. The van der Waals surface area contributed by atoms with Gasteiger partial charge in [0.1, 0.15) is 24.4 Å². The highest BCUT2D eigenvalue weighted by atomic mass is 16.6. The summed E-state index contributed by atoms with van der Waals surface area (Å²) in [5, 5.41) is 0. The third-order valence-electron chi connectivity index (χ3n) is 7.21. The zero-order chi connectivity index (χ0) is 28.1. The molecular formula is C35H39NO5. The highest BCUT2D eigenvalue weighted by Gasteiger charge is 2.48. The minimum Gasteiger partial charge on any atom is -0.374 e. The molecule has 0 aliphatic carbocycles. The van der Waals surface area contributed by atoms with Gasteiger partial charge in [-0.3, -0.25) is 0 Å². The van der Waals surface area contributed by atoms with Gasteiger partial charge in [0.2, 0.25) is 0 Å². The van der Waals surface area contributed by atoms with Crippen molar-refractivity contribution < 1.29 is 23.7 Å². The van der Waals surface area contributed by atoms with Crippen LogP contribution >= 0.6 is 0 Å². The van der Waals surface area contributed by atoms with Crippen molar-refractivity contribution in [2.75, 3.05) is 13.2 Å². The standard InChI is InChI=1S/C35H39NO5/c36-21-31-33(38-23-28-15-7-2-8-16-28)35(40-25-30-19-11-4-12-20-30)34(39-24-29-17-9-3-10-18-29)32(41-31)26-37-22-27-13-5-1-6-14-27/h1-20,31-35H,21-26,36H2/t31-,32-,33+,34+,35-/m1/s1. The number of hydrogen-bond acceptors (Lipinski definition) is 6. The maximum absolute atomic E-state index is 6.66. The molecule has 214 valence electrons. The predicted molar refractivity (Wildman–Crippen MR) is 159 cm³/mol. The number of ether oxygens (including phenoxy) is 5. The van der Waals surface area contributed by atoms with Gasteiger partial charge < -0.3 is 29.4 Å². The highest BCUT2D eigenvalue weighted by Crippen LogP contribution is 2.30. The Bertz CT molecular complexity index is 1260. The molecule has 6 heteroatoms. The summed E-state index contributed by atoms with van der Waals surface area (Å²) in [5.74, 6) is 0. The summed E-state index contributed by atoms with van der Waals surface area (Å²) in [6.45, 7) is 2.33. The van der Waals surface area contributed by atoms with E-state index in [1.165, 1.54) is 0 Å². The topological polar surface area (TPSA) is 72.2 Å². The largest absolute Gasteiger partial charge is 0.374 e. The van der Waals surface area contributed by atoms with Crippen LogP contribution in [0.1, 0.15) is 22.3 Å². The summed E-state index contributed by atoms with van der Waals surface area (Å²) in [6.07, 6.45) is -2.10. The molecule has 6 nitrogen and oxygen atoms in total. The maximum Gasteiger partial charge on any atom is 0.115 e. The Labute approximate surface area is 243 Å². The summed E-state index contributed by atoms with van der Waals surface area (Å²) in [4.78, 5) is 0. The predicted octanol–water partition coefficient (Wildman–Crippen LogP) is 5.69. The van der Waals surface area contributed by atoms with Crippen molar-refractivity contribution in [3.63, 3.8) is 0 Å². The monoisotopic (exact) mass is 553 g/mol. The second kappa shape index (κ2) is 15.6. The Kier molecular flexibility index (Phi) is 11.1. The fourth-order valence-corrected chi connectivity index (χ4v) is 5.07. The van der Waals surface area contributed by atoms with Crippen LogP contribution in [0.2, 0.25) is 0 Å². The zero-order valence-corrected chi connectivity index (χ0v) is 23.3. The Morgan fingerprint density at radius 2 is 0.829 bits per heavy atom.